The van der Waals surface area contributed by atoms with Crippen molar-refractivity contribution in [3.05, 3.63) is 94.8 Å². The summed E-state index contributed by atoms with van der Waals surface area (Å²) in [6.45, 7) is 7.27. The monoisotopic (exact) mass is 403 g/mol. The summed E-state index contributed by atoms with van der Waals surface area (Å²) in [4.78, 5) is 7.75. The summed E-state index contributed by atoms with van der Waals surface area (Å²) >= 11 is 0. The van der Waals surface area contributed by atoms with Crippen LogP contribution in [0.5, 0.6) is 5.75 Å². The number of aliphatic imine (C=N–C) groups is 1. The minimum absolute atomic E-state index is 0.374. The Labute approximate surface area is 182 Å². The minimum Gasteiger partial charge on any atom is -0.486 e. The van der Waals surface area contributed by atoms with Gasteiger partial charge in [0, 0.05) is 18.4 Å². The van der Waals surface area contributed by atoms with Crippen LogP contribution in [-0.4, -0.2) is 11.3 Å². The highest BCUT2D eigenvalue weighted by Crippen LogP contribution is 2.42. The highest BCUT2D eigenvalue weighted by molar-refractivity contribution is 6.06. The zero-order valence-electron chi connectivity index (χ0n) is 17.1. The molecular formula is C27H21N3O. The summed E-state index contributed by atoms with van der Waals surface area (Å²) in [5, 5.41) is 9.39. The fourth-order valence-corrected chi connectivity index (χ4v) is 4.86. The molecule has 0 saturated carbocycles. The molecule has 3 aromatic rings. The lowest BCUT2D eigenvalue weighted by molar-refractivity contribution is 0.0619. The largest absolute Gasteiger partial charge is 0.486 e. The third kappa shape index (κ3) is 3.58. The smallest absolute Gasteiger partial charge is 0.205 e. The molecule has 0 aromatic heterocycles. The van der Waals surface area contributed by atoms with Gasteiger partial charge < -0.3 is 4.74 Å². The van der Waals surface area contributed by atoms with Gasteiger partial charge in [0.25, 0.3) is 0 Å². The molecule has 4 nitrogen and oxygen atoms in total. The molecule has 0 N–H and O–H groups in total. The van der Waals surface area contributed by atoms with Crippen LogP contribution in [0.15, 0.2) is 71.7 Å². The number of hydrogen-bond donors (Lipinski definition) is 0. The summed E-state index contributed by atoms with van der Waals surface area (Å²) in [7, 11) is 0. The number of fused-ring (bicyclic) bond motifs is 2. The van der Waals surface area contributed by atoms with Crippen molar-refractivity contribution in [2.24, 2.45) is 4.99 Å². The molecule has 150 valence electrons. The minimum atomic E-state index is -0.374. The molecular weight excluding hydrogens is 382 g/mol. The van der Waals surface area contributed by atoms with E-state index in [-0.39, 0.29) is 5.60 Å². The molecule has 1 aliphatic carbocycles. The number of benzene rings is 3. The first-order chi connectivity index (χ1) is 15.2. The van der Waals surface area contributed by atoms with Crippen molar-refractivity contribution >= 4 is 11.4 Å². The van der Waals surface area contributed by atoms with E-state index in [0.717, 1.165) is 53.8 Å². The quantitative estimate of drug-likeness (QED) is 0.355. The maximum absolute atomic E-state index is 9.39. The molecule has 1 spiro atoms. The van der Waals surface area contributed by atoms with Gasteiger partial charge in [-0.15, -0.1) is 0 Å². The van der Waals surface area contributed by atoms with Crippen molar-refractivity contribution in [3.63, 3.8) is 0 Å². The van der Waals surface area contributed by atoms with Crippen molar-refractivity contribution in [1.82, 2.24) is 0 Å². The van der Waals surface area contributed by atoms with Gasteiger partial charge in [0.1, 0.15) is 11.4 Å². The van der Waals surface area contributed by atoms with Crippen molar-refractivity contribution < 1.29 is 4.74 Å². The van der Waals surface area contributed by atoms with Crippen LogP contribution < -0.4 is 4.74 Å². The summed E-state index contributed by atoms with van der Waals surface area (Å²) < 4.78 is 6.67. The first-order valence-corrected chi connectivity index (χ1v) is 10.5. The Morgan fingerprint density at radius 1 is 0.968 bits per heavy atom. The second-order valence-electron chi connectivity index (χ2n) is 8.29. The van der Waals surface area contributed by atoms with Gasteiger partial charge in [0.05, 0.1) is 12.3 Å². The number of nitrogens with zero attached hydrogens (tertiary/aromatic N) is 3. The van der Waals surface area contributed by atoms with Crippen molar-refractivity contribution in [3.8, 4) is 23.1 Å². The van der Waals surface area contributed by atoms with Crippen LogP contribution in [0.2, 0.25) is 0 Å². The Hall–Kier alpha value is -3.89. The fraction of sp³-hybridized carbons (Fsp3) is 0.222. The van der Waals surface area contributed by atoms with Crippen LogP contribution >= 0.6 is 0 Å². The topological polar surface area (TPSA) is 49.7 Å². The summed E-state index contributed by atoms with van der Waals surface area (Å²) in [5.41, 5.74) is 6.56. The third-order valence-corrected chi connectivity index (χ3v) is 6.31. The normalized spacial score (nSPS) is 20.6. The molecule has 1 atom stereocenters. The van der Waals surface area contributed by atoms with E-state index in [0.29, 0.717) is 12.1 Å². The van der Waals surface area contributed by atoms with E-state index < -0.39 is 0 Å². The van der Waals surface area contributed by atoms with E-state index in [1.165, 1.54) is 11.1 Å². The maximum atomic E-state index is 9.39. The Balaban J connectivity index is 1.56. The zero-order valence-corrected chi connectivity index (χ0v) is 17.1. The van der Waals surface area contributed by atoms with Gasteiger partial charge in [-0.25, -0.2) is 4.85 Å². The number of ether oxygens (including phenoxy) is 1. The SMILES string of the molecule is [C-]#[N+]c1cccc(-c2ccc3c(c2)C(=NC#N)CC2(CCCc4ccccc4C2)O3)c1. The van der Waals surface area contributed by atoms with Crippen molar-refractivity contribution in [2.75, 3.05) is 0 Å². The van der Waals surface area contributed by atoms with E-state index in [9.17, 15) is 5.26 Å². The lowest BCUT2D eigenvalue weighted by Crippen LogP contribution is -2.44. The average molecular weight is 403 g/mol. The van der Waals surface area contributed by atoms with E-state index >= 15 is 0 Å². The Morgan fingerprint density at radius 3 is 2.65 bits per heavy atom. The predicted octanol–water partition coefficient (Wildman–Crippen LogP) is 6.27. The average Bonchev–Trinajstić information content (AvgIpc) is 2.97. The van der Waals surface area contributed by atoms with Crippen LogP contribution in [0.3, 0.4) is 0 Å². The predicted molar refractivity (Wildman–Crippen MR) is 121 cm³/mol. The number of nitriles is 1. The lowest BCUT2D eigenvalue weighted by Gasteiger charge is -2.39. The van der Waals surface area contributed by atoms with Gasteiger partial charge in [-0.05, 0) is 59.7 Å². The summed E-state index contributed by atoms with van der Waals surface area (Å²) in [6, 6.07) is 22.2. The van der Waals surface area contributed by atoms with Crippen LogP contribution in [-0.2, 0) is 12.8 Å². The molecule has 5 rings (SSSR count). The van der Waals surface area contributed by atoms with Crippen LogP contribution in [0.4, 0.5) is 5.69 Å². The van der Waals surface area contributed by atoms with Crippen LogP contribution in [0.25, 0.3) is 16.0 Å². The standard InChI is InChI=1S/C27H21N3O/c1-29-23-10-4-8-20(14-23)21-11-12-26-24(15-21)25(30-18-28)17-27(31-26)13-5-9-19-6-2-3-7-22(19)16-27/h2-4,6-8,10-12,14-15H,5,9,13,16-17H2. The Bertz CT molecular complexity index is 1280. The number of rotatable bonds is 1. The van der Waals surface area contributed by atoms with Crippen molar-refractivity contribution in [1.29, 1.82) is 5.26 Å². The van der Waals surface area contributed by atoms with E-state index in [2.05, 4.69) is 34.1 Å². The van der Waals surface area contributed by atoms with Gasteiger partial charge in [-0.1, -0.05) is 48.5 Å². The molecule has 1 heterocycles. The van der Waals surface area contributed by atoms with Gasteiger partial charge in [0.15, 0.2) is 5.69 Å². The van der Waals surface area contributed by atoms with Gasteiger partial charge >= 0.3 is 0 Å². The summed E-state index contributed by atoms with van der Waals surface area (Å²) in [6.07, 6.45) is 6.48. The molecule has 3 aromatic carbocycles. The van der Waals surface area contributed by atoms with E-state index in [4.69, 9.17) is 11.3 Å². The Morgan fingerprint density at radius 2 is 1.81 bits per heavy atom. The van der Waals surface area contributed by atoms with E-state index in [1.807, 2.05) is 42.6 Å². The molecule has 0 radical (unpaired) electrons. The first kappa shape index (κ1) is 19.1. The second kappa shape index (κ2) is 7.74. The van der Waals surface area contributed by atoms with Crippen LogP contribution in [0.1, 0.15) is 36.0 Å². The third-order valence-electron chi connectivity index (χ3n) is 6.31. The maximum Gasteiger partial charge on any atom is 0.205 e. The van der Waals surface area contributed by atoms with Crippen LogP contribution in [0, 0.1) is 18.0 Å². The molecule has 0 amide bonds. The molecule has 31 heavy (non-hydrogen) atoms. The highest BCUT2D eigenvalue weighted by Gasteiger charge is 2.41. The fourth-order valence-electron chi connectivity index (χ4n) is 4.86. The second-order valence-corrected chi connectivity index (χ2v) is 8.29. The zero-order chi connectivity index (χ0) is 21.3. The van der Waals surface area contributed by atoms with E-state index in [1.54, 1.807) is 6.07 Å². The van der Waals surface area contributed by atoms with Crippen molar-refractivity contribution in [2.45, 2.75) is 37.7 Å². The lowest BCUT2D eigenvalue weighted by atomic mass is 9.82. The van der Waals surface area contributed by atoms with Gasteiger partial charge in [-0.3, -0.25) is 0 Å². The molecule has 4 heteroatoms. The molecule has 1 unspecified atom stereocenters. The first-order valence-electron chi connectivity index (χ1n) is 10.5. The highest BCUT2D eigenvalue weighted by atomic mass is 16.5. The number of hydrogen-bond acceptors (Lipinski definition) is 3. The van der Waals surface area contributed by atoms with Gasteiger partial charge in [0.2, 0.25) is 6.19 Å². The molecule has 0 saturated heterocycles. The Kier molecular flexibility index (Phi) is 4.77. The summed E-state index contributed by atoms with van der Waals surface area (Å²) in [5.74, 6) is 0.782. The molecule has 1 aliphatic heterocycles. The molecule has 2 aliphatic rings. The molecule has 0 fully saturated rings. The molecule has 0 bridgehead atoms. The van der Waals surface area contributed by atoms with Gasteiger partial charge in [-0.2, -0.15) is 10.3 Å². The number of aryl methyl sites for hydroxylation is 1.